The summed E-state index contributed by atoms with van der Waals surface area (Å²) in [6.45, 7) is 3.53. The maximum atomic E-state index is 13.2. The van der Waals surface area contributed by atoms with Gasteiger partial charge in [0, 0.05) is 30.3 Å². The number of nitrogens with one attached hydrogen (secondary N) is 1. The van der Waals surface area contributed by atoms with Crippen molar-refractivity contribution in [2.45, 2.75) is 31.6 Å². The van der Waals surface area contributed by atoms with Crippen molar-refractivity contribution in [2.24, 2.45) is 5.92 Å². The van der Waals surface area contributed by atoms with Crippen molar-refractivity contribution in [3.8, 4) is 0 Å². The van der Waals surface area contributed by atoms with Crippen molar-refractivity contribution in [3.63, 3.8) is 0 Å². The number of sulfonamides is 1. The number of ketones is 1. The van der Waals surface area contributed by atoms with Gasteiger partial charge in [0.25, 0.3) is 0 Å². The van der Waals surface area contributed by atoms with Gasteiger partial charge in [0.2, 0.25) is 15.9 Å². The van der Waals surface area contributed by atoms with Gasteiger partial charge in [-0.1, -0.05) is 12.1 Å². The Balaban J connectivity index is 1.65. The van der Waals surface area contributed by atoms with E-state index in [1.165, 1.54) is 41.6 Å². The second kappa shape index (κ2) is 8.42. The number of aryl methyl sites for hydroxylation is 1. The highest BCUT2D eigenvalue weighted by atomic mass is 32.2. The molecule has 6 nitrogen and oxygen atoms in total. The van der Waals surface area contributed by atoms with Gasteiger partial charge in [-0.2, -0.15) is 4.31 Å². The normalized spacial score (nSPS) is 15.8. The number of anilines is 1. The topological polar surface area (TPSA) is 83.6 Å². The van der Waals surface area contributed by atoms with E-state index in [1.54, 1.807) is 19.1 Å². The molecular weight excluding hydrogens is 395 g/mol. The van der Waals surface area contributed by atoms with Crippen LogP contribution in [0.3, 0.4) is 0 Å². The Labute approximate surface area is 169 Å². The van der Waals surface area contributed by atoms with Gasteiger partial charge >= 0.3 is 0 Å². The van der Waals surface area contributed by atoms with Gasteiger partial charge in [-0.3, -0.25) is 9.59 Å². The maximum absolute atomic E-state index is 13.2. The van der Waals surface area contributed by atoms with Gasteiger partial charge in [0.15, 0.2) is 5.78 Å². The molecule has 154 valence electrons. The number of hydrogen-bond acceptors (Lipinski definition) is 4. The molecule has 8 heteroatoms. The average molecular weight is 418 g/mol. The van der Waals surface area contributed by atoms with Crippen molar-refractivity contribution in [2.75, 3.05) is 18.4 Å². The number of amides is 1. The summed E-state index contributed by atoms with van der Waals surface area (Å²) in [7, 11) is -3.73. The third-order valence-electron chi connectivity index (χ3n) is 5.15. The first kappa shape index (κ1) is 21.1. The molecular formula is C21H23FN2O4S. The van der Waals surface area contributed by atoms with Crippen LogP contribution in [0.15, 0.2) is 47.4 Å². The molecule has 0 aliphatic carbocycles. The van der Waals surface area contributed by atoms with E-state index in [2.05, 4.69) is 5.32 Å². The molecule has 29 heavy (non-hydrogen) atoms. The van der Waals surface area contributed by atoms with Crippen molar-refractivity contribution in [1.82, 2.24) is 4.31 Å². The molecule has 3 rings (SSSR count). The highest BCUT2D eigenvalue weighted by molar-refractivity contribution is 7.89. The highest BCUT2D eigenvalue weighted by Gasteiger charge is 2.32. The van der Waals surface area contributed by atoms with E-state index < -0.39 is 10.0 Å². The van der Waals surface area contributed by atoms with E-state index in [0.29, 0.717) is 29.7 Å². The number of benzene rings is 2. The fourth-order valence-electron chi connectivity index (χ4n) is 3.39. The van der Waals surface area contributed by atoms with E-state index >= 15 is 0 Å². The molecule has 0 spiro atoms. The summed E-state index contributed by atoms with van der Waals surface area (Å²) in [5.74, 6) is -1.09. The predicted molar refractivity (Wildman–Crippen MR) is 108 cm³/mol. The zero-order valence-corrected chi connectivity index (χ0v) is 17.1. The number of halogens is 1. The van der Waals surface area contributed by atoms with Crippen LogP contribution in [0.25, 0.3) is 0 Å². The van der Waals surface area contributed by atoms with Gasteiger partial charge in [-0.25, -0.2) is 12.8 Å². The fraction of sp³-hybridized carbons (Fsp3) is 0.333. The van der Waals surface area contributed by atoms with Crippen molar-refractivity contribution in [1.29, 1.82) is 0 Å². The summed E-state index contributed by atoms with van der Waals surface area (Å²) >= 11 is 0. The molecule has 0 bridgehead atoms. The van der Waals surface area contributed by atoms with Crippen molar-refractivity contribution >= 4 is 27.4 Å². The SMILES string of the molecule is CC(=O)c1cccc(S(=O)(=O)N2CCC(C(=O)Nc3ccc(F)cc3C)CC2)c1. The maximum Gasteiger partial charge on any atom is 0.243 e. The Morgan fingerprint density at radius 3 is 2.41 bits per heavy atom. The van der Waals surface area contributed by atoms with E-state index in [-0.39, 0.29) is 41.4 Å². The largest absolute Gasteiger partial charge is 0.326 e. The molecule has 0 aromatic heterocycles. The fourth-order valence-corrected chi connectivity index (χ4v) is 4.90. The number of carbonyl (C=O) groups is 2. The van der Waals surface area contributed by atoms with Crippen LogP contribution in [0.5, 0.6) is 0 Å². The lowest BCUT2D eigenvalue weighted by atomic mass is 9.97. The summed E-state index contributed by atoms with van der Waals surface area (Å²) in [4.78, 5) is 24.2. The molecule has 1 amide bonds. The monoisotopic (exact) mass is 418 g/mol. The molecule has 1 N–H and O–H groups in total. The van der Waals surface area contributed by atoms with Crippen LogP contribution in [-0.2, 0) is 14.8 Å². The minimum Gasteiger partial charge on any atom is -0.326 e. The first-order valence-corrected chi connectivity index (χ1v) is 10.8. The molecule has 1 fully saturated rings. The molecule has 1 aliphatic heterocycles. The van der Waals surface area contributed by atoms with Crippen molar-refractivity contribution in [3.05, 3.63) is 59.4 Å². The average Bonchev–Trinajstić information content (AvgIpc) is 2.70. The van der Waals surface area contributed by atoms with E-state index in [1.807, 2.05) is 0 Å². The Bertz CT molecular complexity index is 1040. The van der Waals surface area contributed by atoms with E-state index in [0.717, 1.165) is 0 Å². The van der Waals surface area contributed by atoms with Crippen LogP contribution < -0.4 is 5.32 Å². The number of piperidine rings is 1. The Kier molecular flexibility index (Phi) is 6.14. The quantitative estimate of drug-likeness (QED) is 0.755. The summed E-state index contributed by atoms with van der Waals surface area (Å²) in [5, 5.41) is 2.80. The molecule has 0 atom stereocenters. The van der Waals surface area contributed by atoms with Gasteiger partial charge in [0.1, 0.15) is 5.82 Å². The highest BCUT2D eigenvalue weighted by Crippen LogP contribution is 2.26. The zero-order chi connectivity index (χ0) is 21.2. The van der Waals surface area contributed by atoms with Gasteiger partial charge < -0.3 is 5.32 Å². The van der Waals surface area contributed by atoms with Gasteiger partial charge in [-0.05, 0) is 62.6 Å². The molecule has 0 unspecified atom stereocenters. The molecule has 1 heterocycles. The van der Waals surface area contributed by atoms with Crippen LogP contribution in [0.2, 0.25) is 0 Å². The minimum atomic E-state index is -3.73. The molecule has 2 aromatic carbocycles. The van der Waals surface area contributed by atoms with E-state index in [9.17, 15) is 22.4 Å². The lowest BCUT2D eigenvalue weighted by Gasteiger charge is -2.30. The predicted octanol–water partition coefficient (Wildman–Crippen LogP) is 3.38. The second-order valence-electron chi connectivity index (χ2n) is 7.21. The number of carbonyl (C=O) groups excluding carboxylic acids is 2. The molecule has 2 aromatic rings. The van der Waals surface area contributed by atoms with Crippen LogP contribution in [-0.4, -0.2) is 37.5 Å². The molecule has 1 aliphatic rings. The van der Waals surface area contributed by atoms with Crippen LogP contribution in [0, 0.1) is 18.7 Å². The zero-order valence-electron chi connectivity index (χ0n) is 16.3. The number of hydrogen-bond donors (Lipinski definition) is 1. The Morgan fingerprint density at radius 2 is 1.79 bits per heavy atom. The van der Waals surface area contributed by atoms with E-state index in [4.69, 9.17) is 0 Å². The number of rotatable bonds is 5. The van der Waals surface area contributed by atoms with Crippen molar-refractivity contribution < 1.29 is 22.4 Å². The number of nitrogens with zero attached hydrogens (tertiary/aromatic N) is 1. The lowest BCUT2D eigenvalue weighted by molar-refractivity contribution is -0.120. The molecule has 1 saturated heterocycles. The third-order valence-corrected chi connectivity index (χ3v) is 7.04. The van der Waals surface area contributed by atoms with Crippen LogP contribution >= 0.6 is 0 Å². The lowest BCUT2D eigenvalue weighted by Crippen LogP contribution is -2.41. The Morgan fingerprint density at radius 1 is 1.10 bits per heavy atom. The standard InChI is InChI=1S/C21H23FN2O4S/c1-14-12-18(22)6-7-20(14)23-21(26)16-8-10-24(11-9-16)29(27,28)19-5-3-4-17(13-19)15(2)25/h3-7,12-13,16H,8-11H2,1-2H3,(H,23,26). The first-order chi connectivity index (χ1) is 13.7. The number of Topliss-reactive ketones (excluding diaryl/α,β-unsaturated/α-hetero) is 1. The molecule has 0 saturated carbocycles. The summed E-state index contributed by atoms with van der Waals surface area (Å²) in [6.07, 6.45) is 0.773. The summed E-state index contributed by atoms with van der Waals surface area (Å²) in [6, 6.07) is 10.1. The van der Waals surface area contributed by atoms with Crippen LogP contribution in [0.4, 0.5) is 10.1 Å². The Hall–Kier alpha value is -2.58. The minimum absolute atomic E-state index is 0.0787. The second-order valence-corrected chi connectivity index (χ2v) is 9.15. The third kappa shape index (κ3) is 4.71. The smallest absolute Gasteiger partial charge is 0.243 e. The van der Waals surface area contributed by atoms with Gasteiger partial charge in [0.05, 0.1) is 4.90 Å². The first-order valence-electron chi connectivity index (χ1n) is 9.36. The van der Waals surface area contributed by atoms with Gasteiger partial charge in [-0.15, -0.1) is 0 Å². The summed E-state index contributed by atoms with van der Waals surface area (Å²) < 4.78 is 40.3. The summed E-state index contributed by atoms with van der Waals surface area (Å²) in [5.41, 5.74) is 1.52. The molecule has 0 radical (unpaired) electrons. The van der Waals surface area contributed by atoms with Crippen LogP contribution in [0.1, 0.15) is 35.7 Å².